The van der Waals surface area contributed by atoms with Gasteiger partial charge in [-0.1, -0.05) is 42.6 Å². The topological polar surface area (TPSA) is 52.9 Å². The first-order chi connectivity index (χ1) is 8.10. The SMILES string of the molecule is CCCC(C#N)NC(=O)c1cccc(Cl)c1Cl. The van der Waals surface area contributed by atoms with Gasteiger partial charge in [-0.25, -0.2) is 0 Å². The average molecular weight is 271 g/mol. The van der Waals surface area contributed by atoms with Gasteiger partial charge in [0.25, 0.3) is 5.91 Å². The van der Waals surface area contributed by atoms with Crippen molar-refractivity contribution in [2.45, 2.75) is 25.8 Å². The fourth-order valence-corrected chi connectivity index (χ4v) is 1.76. The van der Waals surface area contributed by atoms with E-state index in [1.807, 2.05) is 13.0 Å². The molecule has 5 heteroatoms. The molecule has 1 unspecified atom stereocenters. The van der Waals surface area contributed by atoms with Crippen molar-refractivity contribution < 1.29 is 4.79 Å². The highest BCUT2D eigenvalue weighted by atomic mass is 35.5. The number of nitriles is 1. The third-order valence-corrected chi connectivity index (χ3v) is 3.05. The number of carbonyl (C=O) groups excluding carboxylic acids is 1. The van der Waals surface area contributed by atoms with Crippen LogP contribution in [-0.2, 0) is 0 Å². The Hall–Kier alpha value is -1.24. The normalized spacial score (nSPS) is 11.6. The van der Waals surface area contributed by atoms with Crippen LogP contribution in [0.25, 0.3) is 0 Å². The number of hydrogen-bond donors (Lipinski definition) is 1. The number of hydrogen-bond acceptors (Lipinski definition) is 2. The van der Waals surface area contributed by atoms with Crippen LogP contribution < -0.4 is 5.32 Å². The molecular weight excluding hydrogens is 259 g/mol. The Balaban J connectivity index is 2.83. The van der Waals surface area contributed by atoms with Gasteiger partial charge in [-0.3, -0.25) is 4.79 Å². The summed E-state index contributed by atoms with van der Waals surface area (Å²) in [5, 5.41) is 12.0. The highest BCUT2D eigenvalue weighted by Gasteiger charge is 2.16. The van der Waals surface area contributed by atoms with Crippen molar-refractivity contribution in [1.29, 1.82) is 5.26 Å². The molecule has 0 bridgehead atoms. The van der Waals surface area contributed by atoms with Gasteiger partial charge in [0.15, 0.2) is 0 Å². The third kappa shape index (κ3) is 3.62. The van der Waals surface area contributed by atoms with E-state index in [9.17, 15) is 4.79 Å². The van der Waals surface area contributed by atoms with Crippen LogP contribution in [0.3, 0.4) is 0 Å². The molecule has 1 aromatic carbocycles. The first-order valence-corrected chi connectivity index (χ1v) is 6.00. The van der Waals surface area contributed by atoms with Crippen molar-refractivity contribution in [2.24, 2.45) is 0 Å². The minimum absolute atomic E-state index is 0.208. The maximum atomic E-state index is 11.9. The van der Waals surface area contributed by atoms with Crippen LogP contribution >= 0.6 is 23.2 Å². The van der Waals surface area contributed by atoms with Gasteiger partial charge in [0.05, 0.1) is 21.7 Å². The van der Waals surface area contributed by atoms with Gasteiger partial charge in [0.1, 0.15) is 6.04 Å². The summed E-state index contributed by atoms with van der Waals surface area (Å²) in [6, 6.07) is 6.35. The van der Waals surface area contributed by atoms with Crippen LogP contribution in [-0.4, -0.2) is 11.9 Å². The van der Waals surface area contributed by atoms with Crippen LogP contribution in [0.5, 0.6) is 0 Å². The summed E-state index contributed by atoms with van der Waals surface area (Å²) in [4.78, 5) is 11.9. The van der Waals surface area contributed by atoms with Gasteiger partial charge >= 0.3 is 0 Å². The second kappa shape index (κ2) is 6.48. The van der Waals surface area contributed by atoms with Gasteiger partial charge in [0.2, 0.25) is 0 Å². The lowest BCUT2D eigenvalue weighted by Crippen LogP contribution is -2.33. The molecule has 90 valence electrons. The summed E-state index contributed by atoms with van der Waals surface area (Å²) in [6.45, 7) is 1.95. The number of halogens is 2. The number of nitrogens with one attached hydrogen (secondary N) is 1. The molecule has 1 amide bonds. The van der Waals surface area contributed by atoms with Crippen molar-refractivity contribution in [3.05, 3.63) is 33.8 Å². The summed E-state index contributed by atoms with van der Waals surface area (Å²) >= 11 is 11.7. The molecule has 0 spiro atoms. The molecule has 0 saturated heterocycles. The molecule has 1 N–H and O–H groups in total. The molecular formula is C12H12Cl2N2O. The summed E-state index contributed by atoms with van der Waals surface area (Å²) in [6.07, 6.45) is 1.43. The van der Waals surface area contributed by atoms with Gasteiger partial charge in [0, 0.05) is 0 Å². The fourth-order valence-electron chi connectivity index (χ4n) is 1.37. The molecule has 0 fully saturated rings. The largest absolute Gasteiger partial charge is 0.336 e. The van der Waals surface area contributed by atoms with Crippen LogP contribution in [0.2, 0.25) is 10.0 Å². The number of amides is 1. The lowest BCUT2D eigenvalue weighted by molar-refractivity contribution is 0.0944. The van der Waals surface area contributed by atoms with Crippen molar-refractivity contribution in [3.8, 4) is 6.07 Å². The predicted octanol–water partition coefficient (Wildman–Crippen LogP) is 3.42. The molecule has 1 rings (SSSR count). The Kier molecular flexibility index (Phi) is 5.27. The van der Waals surface area contributed by atoms with Crippen LogP contribution in [0.4, 0.5) is 0 Å². The van der Waals surface area contributed by atoms with Crippen LogP contribution in [0, 0.1) is 11.3 Å². The number of nitrogens with zero attached hydrogens (tertiary/aromatic N) is 1. The number of carbonyl (C=O) groups is 1. The quantitative estimate of drug-likeness (QED) is 0.912. The second-order valence-corrected chi connectivity index (χ2v) is 4.33. The van der Waals surface area contributed by atoms with Crippen molar-refractivity contribution in [2.75, 3.05) is 0 Å². The summed E-state index contributed by atoms with van der Waals surface area (Å²) in [5.74, 6) is -0.377. The lowest BCUT2D eigenvalue weighted by atomic mass is 10.1. The predicted molar refractivity (Wildman–Crippen MR) is 68.2 cm³/mol. The van der Waals surface area contributed by atoms with E-state index in [-0.39, 0.29) is 16.5 Å². The first kappa shape index (κ1) is 13.8. The summed E-state index contributed by atoms with van der Waals surface area (Å²) < 4.78 is 0. The van der Waals surface area contributed by atoms with E-state index in [0.29, 0.717) is 11.4 Å². The summed E-state index contributed by atoms with van der Waals surface area (Å²) in [7, 11) is 0. The van der Waals surface area contributed by atoms with Crippen molar-refractivity contribution in [1.82, 2.24) is 5.32 Å². The van der Waals surface area contributed by atoms with Gasteiger partial charge in [-0.05, 0) is 18.6 Å². The highest BCUT2D eigenvalue weighted by Crippen LogP contribution is 2.25. The van der Waals surface area contributed by atoms with Crippen molar-refractivity contribution in [3.63, 3.8) is 0 Å². The molecule has 0 aliphatic carbocycles. The zero-order valence-corrected chi connectivity index (χ0v) is 10.8. The fraction of sp³-hybridized carbons (Fsp3) is 0.333. The van der Waals surface area contributed by atoms with Crippen molar-refractivity contribution >= 4 is 29.1 Å². The molecule has 1 atom stereocenters. The Morgan fingerprint density at radius 3 is 2.82 bits per heavy atom. The first-order valence-electron chi connectivity index (χ1n) is 5.24. The van der Waals surface area contributed by atoms with E-state index in [4.69, 9.17) is 28.5 Å². The maximum Gasteiger partial charge on any atom is 0.253 e. The number of rotatable bonds is 4. The zero-order valence-electron chi connectivity index (χ0n) is 9.34. The molecule has 0 saturated carbocycles. The maximum absolute atomic E-state index is 11.9. The van der Waals surface area contributed by atoms with Crippen LogP contribution in [0.1, 0.15) is 30.1 Å². The Bertz CT molecular complexity index is 454. The molecule has 0 aliphatic heterocycles. The van der Waals surface area contributed by atoms with Gasteiger partial charge in [-0.15, -0.1) is 0 Å². The highest BCUT2D eigenvalue weighted by molar-refractivity contribution is 6.43. The van der Waals surface area contributed by atoms with E-state index in [1.165, 1.54) is 0 Å². The monoisotopic (exact) mass is 270 g/mol. The molecule has 17 heavy (non-hydrogen) atoms. The smallest absolute Gasteiger partial charge is 0.253 e. The van der Waals surface area contributed by atoms with Crippen LogP contribution in [0.15, 0.2) is 18.2 Å². The molecule has 3 nitrogen and oxygen atoms in total. The van der Waals surface area contributed by atoms with Gasteiger partial charge < -0.3 is 5.32 Å². The Morgan fingerprint density at radius 1 is 1.53 bits per heavy atom. The van der Waals surface area contributed by atoms with E-state index >= 15 is 0 Å². The third-order valence-electron chi connectivity index (χ3n) is 2.23. The molecule has 0 aromatic heterocycles. The number of benzene rings is 1. The van der Waals surface area contributed by atoms with E-state index in [0.717, 1.165) is 6.42 Å². The van der Waals surface area contributed by atoms with E-state index < -0.39 is 6.04 Å². The van der Waals surface area contributed by atoms with E-state index in [2.05, 4.69) is 5.32 Å². The average Bonchev–Trinajstić information content (AvgIpc) is 2.31. The Morgan fingerprint density at radius 2 is 2.24 bits per heavy atom. The molecule has 0 aliphatic rings. The molecule has 0 radical (unpaired) electrons. The summed E-state index contributed by atoms with van der Waals surface area (Å²) in [5.41, 5.74) is 0.288. The second-order valence-electron chi connectivity index (χ2n) is 3.55. The Labute approximate surface area is 110 Å². The minimum atomic E-state index is -0.498. The minimum Gasteiger partial charge on any atom is -0.336 e. The zero-order chi connectivity index (χ0) is 12.8. The molecule has 1 aromatic rings. The lowest BCUT2D eigenvalue weighted by Gasteiger charge is -2.11. The molecule has 0 heterocycles. The van der Waals surface area contributed by atoms with E-state index in [1.54, 1.807) is 18.2 Å². The van der Waals surface area contributed by atoms with Gasteiger partial charge in [-0.2, -0.15) is 5.26 Å². The standard InChI is InChI=1S/C12H12Cl2N2O/c1-2-4-8(7-15)16-12(17)9-5-3-6-10(13)11(9)14/h3,5-6,8H,2,4H2,1H3,(H,16,17).